The molecule has 1 N–H and O–H groups in total. The van der Waals surface area contributed by atoms with E-state index < -0.39 is 10.0 Å². The summed E-state index contributed by atoms with van der Waals surface area (Å²) in [6, 6.07) is 11.8. The molecule has 0 heterocycles. The summed E-state index contributed by atoms with van der Waals surface area (Å²) in [4.78, 5) is 0. The number of anilines is 1. The second-order valence-electron chi connectivity index (χ2n) is 4.01. The fourth-order valence-corrected chi connectivity index (χ4v) is 2.45. The molecule has 0 atom stereocenters. The van der Waals surface area contributed by atoms with Crippen LogP contribution in [0.5, 0.6) is 0 Å². The van der Waals surface area contributed by atoms with E-state index in [0.717, 1.165) is 5.41 Å². The van der Waals surface area contributed by atoms with Gasteiger partial charge in [0.05, 0.1) is 5.41 Å². The number of benzene rings is 2. The molecule has 20 heavy (non-hydrogen) atoms. The van der Waals surface area contributed by atoms with Crippen LogP contribution in [0, 0.1) is 5.82 Å². The standard InChI is InChI=1S/C14H11ClFNO2S/c15-12-3-7-14(8-4-12)17-20(18,19)10-9-11-1-5-13(16)6-2-11/h1-10,17H/b10-9+. The molecular weight excluding hydrogens is 301 g/mol. The van der Waals surface area contributed by atoms with Gasteiger partial charge in [-0.1, -0.05) is 23.7 Å². The molecule has 0 unspecified atom stereocenters. The fourth-order valence-electron chi connectivity index (χ4n) is 1.46. The van der Waals surface area contributed by atoms with Crippen LogP contribution < -0.4 is 4.72 Å². The van der Waals surface area contributed by atoms with E-state index in [4.69, 9.17) is 11.6 Å². The maximum Gasteiger partial charge on any atom is 0.255 e. The highest BCUT2D eigenvalue weighted by Gasteiger charge is 2.05. The van der Waals surface area contributed by atoms with Crippen molar-refractivity contribution in [1.29, 1.82) is 0 Å². The summed E-state index contributed by atoms with van der Waals surface area (Å²) >= 11 is 5.72. The van der Waals surface area contributed by atoms with Gasteiger partial charge in [0.1, 0.15) is 5.82 Å². The van der Waals surface area contributed by atoms with Gasteiger partial charge in [0.2, 0.25) is 0 Å². The summed E-state index contributed by atoms with van der Waals surface area (Å²) in [5.74, 6) is -0.371. The number of rotatable bonds is 4. The highest BCUT2D eigenvalue weighted by molar-refractivity contribution is 7.95. The van der Waals surface area contributed by atoms with Crippen LogP contribution in [0.15, 0.2) is 53.9 Å². The van der Waals surface area contributed by atoms with Crippen LogP contribution >= 0.6 is 11.6 Å². The SMILES string of the molecule is O=S(=O)(/C=C/c1ccc(F)cc1)Nc1ccc(Cl)cc1. The Labute approximate surface area is 121 Å². The van der Waals surface area contributed by atoms with Crippen LogP contribution in [0.2, 0.25) is 5.02 Å². The zero-order chi connectivity index (χ0) is 14.6. The molecular formula is C14H11ClFNO2S. The molecule has 0 fully saturated rings. The average Bonchev–Trinajstić information content (AvgIpc) is 2.41. The predicted octanol–water partition coefficient (Wildman–Crippen LogP) is 3.89. The largest absolute Gasteiger partial charge is 0.280 e. The first-order valence-electron chi connectivity index (χ1n) is 5.67. The summed E-state index contributed by atoms with van der Waals surface area (Å²) in [7, 11) is -3.62. The quantitative estimate of drug-likeness (QED) is 0.931. The molecule has 0 aliphatic carbocycles. The van der Waals surface area contributed by atoms with Crippen molar-refractivity contribution >= 4 is 33.4 Å². The zero-order valence-electron chi connectivity index (χ0n) is 10.3. The molecule has 3 nitrogen and oxygen atoms in total. The minimum Gasteiger partial charge on any atom is -0.280 e. The van der Waals surface area contributed by atoms with Crippen molar-refractivity contribution in [3.8, 4) is 0 Å². The Hall–Kier alpha value is -1.85. The third-order valence-corrected chi connectivity index (χ3v) is 3.68. The Kier molecular flexibility index (Phi) is 4.42. The number of nitrogens with one attached hydrogen (secondary N) is 1. The molecule has 6 heteroatoms. The lowest BCUT2D eigenvalue weighted by Crippen LogP contribution is -2.08. The van der Waals surface area contributed by atoms with Crippen LogP contribution in [-0.2, 0) is 10.0 Å². The molecule has 0 spiro atoms. The molecule has 0 saturated heterocycles. The van der Waals surface area contributed by atoms with Crippen molar-refractivity contribution in [2.45, 2.75) is 0 Å². The van der Waals surface area contributed by atoms with Crippen LogP contribution in [0.3, 0.4) is 0 Å². The Morgan fingerprint density at radius 2 is 1.60 bits per heavy atom. The Morgan fingerprint density at radius 3 is 2.20 bits per heavy atom. The van der Waals surface area contributed by atoms with Crippen molar-refractivity contribution in [2.75, 3.05) is 4.72 Å². The highest BCUT2D eigenvalue weighted by atomic mass is 35.5. The maximum absolute atomic E-state index is 12.7. The average molecular weight is 312 g/mol. The predicted molar refractivity (Wildman–Crippen MR) is 79.4 cm³/mol. The highest BCUT2D eigenvalue weighted by Crippen LogP contribution is 2.15. The number of sulfonamides is 1. The number of hydrogen-bond acceptors (Lipinski definition) is 2. The molecule has 104 valence electrons. The summed E-state index contributed by atoms with van der Waals surface area (Å²) in [5.41, 5.74) is 1.01. The lowest BCUT2D eigenvalue weighted by atomic mass is 10.2. The van der Waals surface area contributed by atoms with Gasteiger partial charge >= 0.3 is 0 Å². The second-order valence-corrected chi connectivity index (χ2v) is 6.01. The van der Waals surface area contributed by atoms with Crippen LogP contribution in [0.1, 0.15) is 5.56 Å². The van der Waals surface area contributed by atoms with Gasteiger partial charge in [-0.3, -0.25) is 4.72 Å². The van der Waals surface area contributed by atoms with Crippen molar-refractivity contribution in [1.82, 2.24) is 0 Å². The van der Waals surface area contributed by atoms with Crippen molar-refractivity contribution in [3.05, 3.63) is 70.3 Å². The van der Waals surface area contributed by atoms with Gasteiger partial charge in [0.25, 0.3) is 10.0 Å². The molecule has 0 radical (unpaired) electrons. The number of halogens is 2. The molecule has 2 aromatic rings. The molecule has 0 amide bonds. The van der Waals surface area contributed by atoms with E-state index in [9.17, 15) is 12.8 Å². The lowest BCUT2D eigenvalue weighted by molar-refractivity contribution is 0.609. The van der Waals surface area contributed by atoms with Crippen molar-refractivity contribution in [2.24, 2.45) is 0 Å². The fraction of sp³-hybridized carbons (Fsp3) is 0. The molecule has 2 rings (SSSR count). The van der Waals surface area contributed by atoms with E-state index in [2.05, 4.69) is 4.72 Å². The third-order valence-electron chi connectivity index (χ3n) is 2.41. The molecule has 2 aromatic carbocycles. The third kappa shape index (κ3) is 4.36. The van der Waals surface area contributed by atoms with E-state index in [-0.39, 0.29) is 5.82 Å². The number of hydrogen-bond donors (Lipinski definition) is 1. The summed E-state index contributed by atoms with van der Waals surface area (Å²) in [5, 5.41) is 1.55. The normalized spacial score (nSPS) is 11.7. The topological polar surface area (TPSA) is 46.2 Å². The summed E-state index contributed by atoms with van der Waals surface area (Å²) < 4.78 is 38.7. The van der Waals surface area contributed by atoms with E-state index in [1.54, 1.807) is 24.3 Å². The first-order valence-corrected chi connectivity index (χ1v) is 7.59. The van der Waals surface area contributed by atoms with Gasteiger partial charge in [-0.25, -0.2) is 12.8 Å². The molecule has 0 bridgehead atoms. The maximum atomic E-state index is 12.7. The van der Waals surface area contributed by atoms with Crippen LogP contribution in [0.4, 0.5) is 10.1 Å². The Balaban J connectivity index is 2.11. The van der Waals surface area contributed by atoms with Gasteiger partial charge in [-0.05, 0) is 48.0 Å². The lowest BCUT2D eigenvalue weighted by Gasteiger charge is -2.04. The summed E-state index contributed by atoms with van der Waals surface area (Å²) in [6.07, 6.45) is 1.39. The molecule has 0 aliphatic rings. The molecule has 0 saturated carbocycles. The van der Waals surface area contributed by atoms with E-state index in [0.29, 0.717) is 16.3 Å². The van der Waals surface area contributed by atoms with Gasteiger partial charge in [-0.15, -0.1) is 0 Å². The first kappa shape index (κ1) is 14.6. The Morgan fingerprint density at radius 1 is 1.00 bits per heavy atom. The van der Waals surface area contributed by atoms with Gasteiger partial charge in [0.15, 0.2) is 0 Å². The minimum absolute atomic E-state index is 0.371. The van der Waals surface area contributed by atoms with Crippen LogP contribution in [0.25, 0.3) is 6.08 Å². The van der Waals surface area contributed by atoms with E-state index in [1.807, 2.05) is 0 Å². The van der Waals surface area contributed by atoms with E-state index in [1.165, 1.54) is 30.3 Å². The first-order chi connectivity index (χ1) is 9.44. The van der Waals surface area contributed by atoms with Crippen LogP contribution in [-0.4, -0.2) is 8.42 Å². The molecule has 0 aromatic heterocycles. The van der Waals surface area contributed by atoms with Crippen molar-refractivity contribution < 1.29 is 12.8 Å². The van der Waals surface area contributed by atoms with Gasteiger partial charge < -0.3 is 0 Å². The molecule has 0 aliphatic heterocycles. The monoisotopic (exact) mass is 311 g/mol. The Bertz CT molecular complexity index is 710. The van der Waals surface area contributed by atoms with E-state index >= 15 is 0 Å². The van der Waals surface area contributed by atoms with Gasteiger partial charge in [0, 0.05) is 10.7 Å². The smallest absolute Gasteiger partial charge is 0.255 e. The summed E-state index contributed by atoms with van der Waals surface area (Å²) in [6.45, 7) is 0. The second kappa shape index (κ2) is 6.07. The zero-order valence-corrected chi connectivity index (χ0v) is 11.8. The minimum atomic E-state index is -3.62. The van der Waals surface area contributed by atoms with Crippen molar-refractivity contribution in [3.63, 3.8) is 0 Å². The van der Waals surface area contributed by atoms with Gasteiger partial charge in [-0.2, -0.15) is 0 Å².